The maximum atomic E-state index is 5.69. The summed E-state index contributed by atoms with van der Waals surface area (Å²) in [6.07, 6.45) is 6.37. The Morgan fingerprint density at radius 1 is 1.29 bits per heavy atom. The number of ether oxygens (including phenoxy) is 3. The molecule has 0 bridgehead atoms. The second kappa shape index (κ2) is 7.19. The number of hydrogen-bond acceptors (Lipinski definition) is 5. The largest absolute Gasteiger partial charge is 0.491 e. The minimum absolute atomic E-state index is 0.0659. The molecule has 0 saturated carbocycles. The zero-order valence-corrected chi connectivity index (χ0v) is 11.9. The molecular formula is C15H19N3O3. The zero-order valence-electron chi connectivity index (χ0n) is 11.9. The minimum Gasteiger partial charge on any atom is -0.491 e. The minimum atomic E-state index is -0.0659. The molecule has 0 radical (unpaired) electrons. The molecule has 6 nitrogen and oxygen atoms in total. The zero-order chi connectivity index (χ0) is 14.3. The summed E-state index contributed by atoms with van der Waals surface area (Å²) in [5, 5.41) is 4.09. The van der Waals surface area contributed by atoms with Gasteiger partial charge in [-0.15, -0.1) is 0 Å². The third-order valence-electron chi connectivity index (χ3n) is 3.29. The Balaban J connectivity index is 1.46. The Morgan fingerprint density at radius 2 is 2.29 bits per heavy atom. The SMILES string of the molecule is c1cc(OCCOC2CCCCO2)cc(-n2cncn2)c1. The van der Waals surface area contributed by atoms with Gasteiger partial charge in [-0.2, -0.15) is 5.10 Å². The Kier molecular flexibility index (Phi) is 4.81. The van der Waals surface area contributed by atoms with Gasteiger partial charge < -0.3 is 14.2 Å². The van der Waals surface area contributed by atoms with E-state index in [0.29, 0.717) is 13.2 Å². The molecule has 1 fully saturated rings. The van der Waals surface area contributed by atoms with Gasteiger partial charge in [-0.25, -0.2) is 9.67 Å². The molecule has 1 aliphatic rings. The lowest BCUT2D eigenvalue weighted by atomic mass is 10.2. The maximum Gasteiger partial charge on any atom is 0.157 e. The van der Waals surface area contributed by atoms with Gasteiger partial charge in [0.15, 0.2) is 6.29 Å². The lowest BCUT2D eigenvalue weighted by Crippen LogP contribution is -2.24. The average Bonchev–Trinajstić information content (AvgIpc) is 3.07. The summed E-state index contributed by atoms with van der Waals surface area (Å²) in [6.45, 7) is 1.82. The standard InChI is InChI=1S/C15H19N3O3/c1-2-7-20-15(6-1)21-9-8-19-14-5-3-4-13(10-14)18-12-16-11-17-18/h3-5,10-12,15H,1-2,6-9H2. The van der Waals surface area contributed by atoms with Crippen LogP contribution in [0.5, 0.6) is 5.75 Å². The topological polar surface area (TPSA) is 58.4 Å². The van der Waals surface area contributed by atoms with Gasteiger partial charge in [0.1, 0.15) is 25.0 Å². The third kappa shape index (κ3) is 4.03. The van der Waals surface area contributed by atoms with Crippen molar-refractivity contribution in [2.24, 2.45) is 0 Å². The van der Waals surface area contributed by atoms with Gasteiger partial charge in [0, 0.05) is 12.7 Å². The first-order valence-electron chi connectivity index (χ1n) is 7.23. The van der Waals surface area contributed by atoms with Crippen LogP contribution in [0.25, 0.3) is 5.69 Å². The van der Waals surface area contributed by atoms with Crippen molar-refractivity contribution in [2.75, 3.05) is 19.8 Å². The first-order valence-corrected chi connectivity index (χ1v) is 7.23. The van der Waals surface area contributed by atoms with Gasteiger partial charge in [0.05, 0.1) is 12.3 Å². The summed E-state index contributed by atoms with van der Waals surface area (Å²) in [4.78, 5) is 3.93. The van der Waals surface area contributed by atoms with E-state index < -0.39 is 0 Å². The Labute approximate surface area is 123 Å². The molecule has 1 saturated heterocycles. The molecule has 112 valence electrons. The van der Waals surface area contributed by atoms with E-state index in [2.05, 4.69) is 10.1 Å². The van der Waals surface area contributed by atoms with Gasteiger partial charge in [-0.1, -0.05) is 6.07 Å². The summed E-state index contributed by atoms with van der Waals surface area (Å²) in [6, 6.07) is 7.72. The molecule has 21 heavy (non-hydrogen) atoms. The first-order chi connectivity index (χ1) is 10.4. The van der Waals surface area contributed by atoms with E-state index >= 15 is 0 Å². The molecule has 1 atom stereocenters. The van der Waals surface area contributed by atoms with Gasteiger partial charge in [0.25, 0.3) is 0 Å². The van der Waals surface area contributed by atoms with Crippen LogP contribution in [0.15, 0.2) is 36.9 Å². The molecule has 3 rings (SSSR count). The van der Waals surface area contributed by atoms with Crippen LogP contribution >= 0.6 is 0 Å². The fourth-order valence-corrected chi connectivity index (χ4v) is 2.24. The second-order valence-electron chi connectivity index (χ2n) is 4.85. The van der Waals surface area contributed by atoms with E-state index in [1.54, 1.807) is 11.0 Å². The molecule has 0 amide bonds. The average molecular weight is 289 g/mol. The van der Waals surface area contributed by atoms with E-state index in [1.165, 1.54) is 12.7 Å². The molecule has 2 heterocycles. The third-order valence-corrected chi connectivity index (χ3v) is 3.29. The molecule has 1 aromatic carbocycles. The van der Waals surface area contributed by atoms with Crippen molar-refractivity contribution in [3.63, 3.8) is 0 Å². The van der Waals surface area contributed by atoms with Crippen LogP contribution in [0, 0.1) is 0 Å². The molecular weight excluding hydrogens is 270 g/mol. The highest BCUT2D eigenvalue weighted by molar-refractivity contribution is 5.38. The highest BCUT2D eigenvalue weighted by atomic mass is 16.7. The summed E-state index contributed by atoms with van der Waals surface area (Å²) in [5.41, 5.74) is 0.918. The molecule has 1 unspecified atom stereocenters. The van der Waals surface area contributed by atoms with Crippen molar-refractivity contribution in [1.82, 2.24) is 14.8 Å². The number of aromatic nitrogens is 3. The Hall–Kier alpha value is -1.92. The normalized spacial score (nSPS) is 18.6. The smallest absolute Gasteiger partial charge is 0.157 e. The van der Waals surface area contributed by atoms with E-state index in [0.717, 1.165) is 30.9 Å². The van der Waals surface area contributed by atoms with Gasteiger partial charge in [-0.3, -0.25) is 0 Å². The summed E-state index contributed by atoms with van der Waals surface area (Å²) >= 11 is 0. The van der Waals surface area contributed by atoms with Crippen LogP contribution in [-0.4, -0.2) is 40.9 Å². The van der Waals surface area contributed by atoms with Gasteiger partial charge in [-0.05, 0) is 31.4 Å². The van der Waals surface area contributed by atoms with Crippen LogP contribution in [0.3, 0.4) is 0 Å². The van der Waals surface area contributed by atoms with Crippen molar-refractivity contribution >= 4 is 0 Å². The van der Waals surface area contributed by atoms with E-state index in [4.69, 9.17) is 14.2 Å². The maximum absolute atomic E-state index is 5.69. The Morgan fingerprint density at radius 3 is 3.10 bits per heavy atom. The number of nitrogens with zero attached hydrogens (tertiary/aromatic N) is 3. The molecule has 1 aromatic heterocycles. The summed E-state index contributed by atoms with van der Waals surface area (Å²) < 4.78 is 18.5. The lowest BCUT2D eigenvalue weighted by molar-refractivity contribution is -0.165. The van der Waals surface area contributed by atoms with Crippen LogP contribution < -0.4 is 4.74 Å². The molecule has 2 aromatic rings. The number of benzene rings is 1. The number of rotatable bonds is 6. The predicted molar refractivity (Wildman–Crippen MR) is 76.4 cm³/mol. The van der Waals surface area contributed by atoms with Crippen molar-refractivity contribution in [3.05, 3.63) is 36.9 Å². The second-order valence-corrected chi connectivity index (χ2v) is 4.85. The van der Waals surface area contributed by atoms with E-state index in [-0.39, 0.29) is 6.29 Å². The van der Waals surface area contributed by atoms with Gasteiger partial charge in [0.2, 0.25) is 0 Å². The monoisotopic (exact) mass is 289 g/mol. The van der Waals surface area contributed by atoms with Crippen molar-refractivity contribution in [3.8, 4) is 11.4 Å². The molecule has 6 heteroatoms. The van der Waals surface area contributed by atoms with Crippen molar-refractivity contribution in [1.29, 1.82) is 0 Å². The van der Waals surface area contributed by atoms with Crippen LogP contribution in [-0.2, 0) is 9.47 Å². The summed E-state index contributed by atoms with van der Waals surface area (Å²) in [5.74, 6) is 0.788. The van der Waals surface area contributed by atoms with E-state index in [9.17, 15) is 0 Å². The fourth-order valence-electron chi connectivity index (χ4n) is 2.24. The lowest BCUT2D eigenvalue weighted by Gasteiger charge is -2.22. The molecule has 1 aliphatic heterocycles. The molecule has 0 aliphatic carbocycles. The van der Waals surface area contributed by atoms with Crippen LogP contribution in [0.2, 0.25) is 0 Å². The fraction of sp³-hybridized carbons (Fsp3) is 0.467. The predicted octanol–water partition coefficient (Wildman–Crippen LogP) is 2.19. The van der Waals surface area contributed by atoms with Crippen molar-refractivity contribution in [2.45, 2.75) is 25.6 Å². The molecule has 0 N–H and O–H groups in total. The molecule has 0 spiro atoms. The highest BCUT2D eigenvalue weighted by Crippen LogP contribution is 2.16. The summed E-state index contributed by atoms with van der Waals surface area (Å²) in [7, 11) is 0. The first kappa shape index (κ1) is 14.0. The Bertz CT molecular complexity index is 539. The van der Waals surface area contributed by atoms with Crippen LogP contribution in [0.4, 0.5) is 0 Å². The van der Waals surface area contributed by atoms with E-state index in [1.807, 2.05) is 24.3 Å². The quantitative estimate of drug-likeness (QED) is 0.763. The number of hydrogen-bond donors (Lipinski definition) is 0. The highest BCUT2D eigenvalue weighted by Gasteiger charge is 2.13. The van der Waals surface area contributed by atoms with Gasteiger partial charge >= 0.3 is 0 Å². The van der Waals surface area contributed by atoms with Crippen molar-refractivity contribution < 1.29 is 14.2 Å². The van der Waals surface area contributed by atoms with Crippen LogP contribution in [0.1, 0.15) is 19.3 Å².